The average Bonchev–Trinajstić information content (AvgIpc) is 2.85. The van der Waals surface area contributed by atoms with E-state index in [2.05, 4.69) is 38.1 Å². The number of aromatic nitrogens is 2. The minimum Gasteiger partial charge on any atom is -0.301 e. The van der Waals surface area contributed by atoms with Gasteiger partial charge in [0, 0.05) is 11.7 Å². The molecule has 1 N–H and O–H groups in total. The quantitative estimate of drug-likeness (QED) is 0.787. The first-order chi connectivity index (χ1) is 7.23. The number of rotatable bonds is 0. The van der Waals surface area contributed by atoms with E-state index in [4.69, 9.17) is 0 Å². The molecule has 3 nitrogen and oxygen atoms in total. The van der Waals surface area contributed by atoms with Crippen molar-refractivity contribution in [3.8, 4) is 0 Å². The first kappa shape index (κ1) is 11.1. The third-order valence-electron chi connectivity index (χ3n) is 3.49. The summed E-state index contributed by atoms with van der Waals surface area (Å²) in [6.07, 6.45) is 10.8. The molecule has 1 aliphatic heterocycles. The maximum absolute atomic E-state index is 3.65. The van der Waals surface area contributed by atoms with Crippen LogP contribution in [0.3, 0.4) is 0 Å². The van der Waals surface area contributed by atoms with Gasteiger partial charge in [-0.2, -0.15) is 5.10 Å². The zero-order chi connectivity index (χ0) is 10.7. The summed E-state index contributed by atoms with van der Waals surface area (Å²) in [5.41, 5.74) is 0.720. The highest BCUT2D eigenvalue weighted by Crippen LogP contribution is 2.47. The summed E-state index contributed by atoms with van der Waals surface area (Å²) in [5, 5.41) is 6.28. The van der Waals surface area contributed by atoms with Gasteiger partial charge in [0.15, 0.2) is 0 Å². The molecule has 1 saturated heterocycles. The monoisotopic (exact) mass is 271 g/mol. The number of likely N-dealkylation sites (tertiary alicyclic amines) is 1. The molecule has 0 atom stereocenters. The third kappa shape index (κ3) is 2.82. The number of hydrogen-bond acceptors (Lipinski definition) is 2. The Morgan fingerprint density at radius 2 is 2.20 bits per heavy atom. The highest BCUT2D eigenvalue weighted by Gasteiger charge is 2.46. The maximum atomic E-state index is 3.65. The molecule has 1 spiro atoms. The fourth-order valence-electron chi connectivity index (χ4n) is 2.24. The van der Waals surface area contributed by atoms with Crippen LogP contribution in [0.4, 0.5) is 0 Å². The lowest BCUT2D eigenvalue weighted by Gasteiger charge is -2.32. The van der Waals surface area contributed by atoms with Crippen molar-refractivity contribution >= 4 is 15.9 Å². The van der Waals surface area contributed by atoms with E-state index in [1.165, 1.54) is 38.6 Å². The number of hydrogen-bond donors (Lipinski definition) is 1. The summed E-state index contributed by atoms with van der Waals surface area (Å²) in [4.78, 5) is 2.57. The van der Waals surface area contributed by atoms with Crippen LogP contribution >= 0.6 is 15.9 Å². The Kier molecular flexibility index (Phi) is 3.46. The molecular formula is C11H18BrN3. The zero-order valence-corrected chi connectivity index (χ0v) is 10.8. The van der Waals surface area contributed by atoms with Gasteiger partial charge in [0.2, 0.25) is 0 Å². The molecule has 0 bridgehead atoms. The van der Waals surface area contributed by atoms with Gasteiger partial charge in [-0.25, -0.2) is 0 Å². The Balaban J connectivity index is 0.000000124. The van der Waals surface area contributed by atoms with E-state index in [0.717, 1.165) is 10.0 Å². The topological polar surface area (TPSA) is 31.9 Å². The normalized spacial score (nSPS) is 23.3. The van der Waals surface area contributed by atoms with Gasteiger partial charge in [-0.3, -0.25) is 5.10 Å². The Morgan fingerprint density at radius 1 is 1.40 bits per heavy atom. The van der Waals surface area contributed by atoms with Gasteiger partial charge in [-0.15, -0.1) is 0 Å². The predicted octanol–water partition coefficient (Wildman–Crippen LogP) is 2.81. The molecule has 2 fully saturated rings. The summed E-state index contributed by atoms with van der Waals surface area (Å²) < 4.78 is 0.988. The van der Waals surface area contributed by atoms with Crippen LogP contribution in [0.2, 0.25) is 0 Å². The number of nitrogens with one attached hydrogen (secondary N) is 1. The van der Waals surface area contributed by atoms with Crippen LogP contribution in [-0.4, -0.2) is 34.2 Å². The zero-order valence-electron chi connectivity index (χ0n) is 9.17. The number of halogens is 1. The molecule has 1 aliphatic carbocycles. The van der Waals surface area contributed by atoms with Crippen molar-refractivity contribution < 1.29 is 0 Å². The first-order valence-electron chi connectivity index (χ1n) is 5.58. The van der Waals surface area contributed by atoms with Crippen LogP contribution in [-0.2, 0) is 0 Å². The Labute approximate surface area is 99.4 Å². The van der Waals surface area contributed by atoms with Gasteiger partial charge in [-0.1, -0.05) is 6.42 Å². The summed E-state index contributed by atoms with van der Waals surface area (Å²) in [7, 11) is 2.28. The predicted molar refractivity (Wildman–Crippen MR) is 64.7 cm³/mol. The molecule has 1 aromatic heterocycles. The van der Waals surface area contributed by atoms with Crippen molar-refractivity contribution in [2.24, 2.45) is 0 Å². The molecule has 4 heteroatoms. The second-order valence-electron chi connectivity index (χ2n) is 4.52. The largest absolute Gasteiger partial charge is 0.301 e. The molecule has 1 saturated carbocycles. The van der Waals surface area contributed by atoms with Crippen molar-refractivity contribution in [3.05, 3.63) is 16.9 Å². The van der Waals surface area contributed by atoms with Crippen LogP contribution in [0.1, 0.15) is 32.1 Å². The van der Waals surface area contributed by atoms with Gasteiger partial charge in [0.1, 0.15) is 0 Å². The summed E-state index contributed by atoms with van der Waals surface area (Å²) in [6, 6.07) is 0. The second-order valence-corrected chi connectivity index (χ2v) is 5.44. The first-order valence-corrected chi connectivity index (χ1v) is 6.38. The lowest BCUT2D eigenvalue weighted by Crippen LogP contribution is -2.37. The lowest BCUT2D eigenvalue weighted by molar-refractivity contribution is 0.165. The van der Waals surface area contributed by atoms with E-state index < -0.39 is 0 Å². The average molecular weight is 272 g/mol. The van der Waals surface area contributed by atoms with Crippen LogP contribution in [0.15, 0.2) is 16.9 Å². The van der Waals surface area contributed by atoms with Crippen LogP contribution in [0, 0.1) is 0 Å². The van der Waals surface area contributed by atoms with E-state index in [1.807, 2.05) is 0 Å². The molecule has 2 aliphatic rings. The smallest absolute Gasteiger partial charge is 0.0629 e. The summed E-state index contributed by atoms with van der Waals surface area (Å²) in [5.74, 6) is 0. The fourth-order valence-corrected chi connectivity index (χ4v) is 2.45. The standard InChI is InChI=1S/C8H15N.C3H3BrN2/c1-9-7-3-2-4-8(9)5-6-8;4-3-1-5-6-2-3/h2-7H2,1H3;1-2H,(H,5,6). The minimum atomic E-state index is 0.720. The van der Waals surface area contributed by atoms with E-state index in [9.17, 15) is 0 Å². The van der Waals surface area contributed by atoms with Gasteiger partial charge in [0.25, 0.3) is 0 Å². The van der Waals surface area contributed by atoms with Gasteiger partial charge < -0.3 is 4.90 Å². The molecule has 0 amide bonds. The number of piperidine rings is 1. The van der Waals surface area contributed by atoms with E-state index in [0.29, 0.717) is 0 Å². The molecule has 2 heterocycles. The highest BCUT2D eigenvalue weighted by molar-refractivity contribution is 9.10. The Morgan fingerprint density at radius 3 is 2.53 bits per heavy atom. The van der Waals surface area contributed by atoms with Gasteiger partial charge >= 0.3 is 0 Å². The van der Waals surface area contributed by atoms with Crippen molar-refractivity contribution in [2.75, 3.05) is 13.6 Å². The van der Waals surface area contributed by atoms with E-state index in [-0.39, 0.29) is 0 Å². The third-order valence-corrected chi connectivity index (χ3v) is 3.92. The molecule has 15 heavy (non-hydrogen) atoms. The SMILES string of the molecule is Brc1cn[nH]c1.CN1CCCCC12CC2. The maximum Gasteiger partial charge on any atom is 0.0629 e. The number of nitrogens with zero attached hydrogens (tertiary/aromatic N) is 2. The lowest BCUT2D eigenvalue weighted by atomic mass is 10.0. The second kappa shape index (κ2) is 4.66. The molecule has 1 aromatic rings. The minimum absolute atomic E-state index is 0.720. The van der Waals surface area contributed by atoms with E-state index >= 15 is 0 Å². The summed E-state index contributed by atoms with van der Waals surface area (Å²) in [6.45, 7) is 1.35. The van der Waals surface area contributed by atoms with E-state index in [1.54, 1.807) is 12.4 Å². The van der Waals surface area contributed by atoms with Crippen LogP contribution in [0.25, 0.3) is 0 Å². The van der Waals surface area contributed by atoms with Crippen molar-refractivity contribution in [1.29, 1.82) is 0 Å². The summed E-state index contributed by atoms with van der Waals surface area (Å²) >= 11 is 3.19. The van der Waals surface area contributed by atoms with Gasteiger partial charge in [-0.05, 0) is 55.2 Å². The van der Waals surface area contributed by atoms with Crippen molar-refractivity contribution in [3.63, 3.8) is 0 Å². The molecule has 84 valence electrons. The number of H-pyrrole nitrogens is 1. The van der Waals surface area contributed by atoms with Crippen LogP contribution < -0.4 is 0 Å². The highest BCUT2D eigenvalue weighted by atomic mass is 79.9. The van der Waals surface area contributed by atoms with Crippen molar-refractivity contribution in [2.45, 2.75) is 37.6 Å². The molecule has 3 rings (SSSR count). The molecule has 0 unspecified atom stereocenters. The molecule has 0 aromatic carbocycles. The Bertz CT molecular complexity index is 293. The van der Waals surface area contributed by atoms with Gasteiger partial charge in [0.05, 0.1) is 10.7 Å². The fraction of sp³-hybridized carbons (Fsp3) is 0.727. The molecule has 0 radical (unpaired) electrons. The Hall–Kier alpha value is -0.350. The number of aromatic amines is 1. The van der Waals surface area contributed by atoms with Crippen molar-refractivity contribution in [1.82, 2.24) is 15.1 Å². The van der Waals surface area contributed by atoms with Crippen LogP contribution in [0.5, 0.6) is 0 Å². The molecular weight excluding hydrogens is 254 g/mol.